The van der Waals surface area contributed by atoms with Gasteiger partial charge in [-0.3, -0.25) is 4.99 Å². The summed E-state index contributed by atoms with van der Waals surface area (Å²) in [5.41, 5.74) is 0.393. The summed E-state index contributed by atoms with van der Waals surface area (Å²) in [5.74, 6) is 0. The molecule has 14 heavy (non-hydrogen) atoms. The lowest BCUT2D eigenvalue weighted by molar-refractivity contribution is -0.137. The van der Waals surface area contributed by atoms with E-state index in [1.807, 2.05) is 0 Å². The number of rotatable bonds is 1. The van der Waals surface area contributed by atoms with Crippen molar-refractivity contribution in [1.82, 2.24) is 0 Å². The Balaban J connectivity index is 3.08. The highest BCUT2D eigenvalue weighted by Gasteiger charge is 2.30. The fraction of sp³-hybridized carbons (Fsp3) is 0.300. The van der Waals surface area contributed by atoms with E-state index in [2.05, 4.69) is 4.99 Å². The molecule has 0 heterocycles. The van der Waals surface area contributed by atoms with Crippen LogP contribution in [-0.4, -0.2) is 5.71 Å². The Labute approximate surface area is 80.3 Å². The summed E-state index contributed by atoms with van der Waals surface area (Å²) in [6, 6.07) is 4.96. The van der Waals surface area contributed by atoms with Gasteiger partial charge in [-0.15, -0.1) is 0 Å². The van der Waals surface area contributed by atoms with E-state index in [0.29, 0.717) is 5.69 Å². The van der Waals surface area contributed by atoms with Crippen molar-refractivity contribution in [2.75, 3.05) is 0 Å². The van der Waals surface area contributed by atoms with Crippen LogP contribution in [0.25, 0.3) is 0 Å². The Morgan fingerprint density at radius 2 is 1.86 bits per heavy atom. The second kappa shape index (κ2) is 3.82. The Morgan fingerprint density at radius 1 is 1.21 bits per heavy atom. The lowest BCUT2D eigenvalue weighted by atomic mass is 10.2. The van der Waals surface area contributed by atoms with Crippen LogP contribution in [0.2, 0.25) is 0 Å². The van der Waals surface area contributed by atoms with Crippen LogP contribution in [0.4, 0.5) is 18.9 Å². The summed E-state index contributed by atoms with van der Waals surface area (Å²) in [6.45, 7) is 3.47. The van der Waals surface area contributed by atoms with Crippen LogP contribution in [0.1, 0.15) is 19.4 Å². The molecule has 0 aliphatic heterocycles. The van der Waals surface area contributed by atoms with Crippen LogP contribution in [0, 0.1) is 0 Å². The van der Waals surface area contributed by atoms with Gasteiger partial charge in [0.05, 0.1) is 11.3 Å². The maximum absolute atomic E-state index is 12.3. The smallest absolute Gasteiger partial charge is 0.258 e. The van der Waals surface area contributed by atoms with Gasteiger partial charge in [0.2, 0.25) is 0 Å². The van der Waals surface area contributed by atoms with E-state index < -0.39 is 11.7 Å². The van der Waals surface area contributed by atoms with Crippen molar-refractivity contribution in [1.29, 1.82) is 0 Å². The fourth-order valence-electron chi connectivity index (χ4n) is 1.01. The highest BCUT2D eigenvalue weighted by atomic mass is 19.4. The predicted molar refractivity (Wildman–Crippen MR) is 49.9 cm³/mol. The van der Waals surface area contributed by atoms with Crippen LogP contribution in [0.5, 0.6) is 0 Å². The van der Waals surface area contributed by atoms with E-state index in [1.54, 1.807) is 19.9 Å². The highest BCUT2D eigenvalue weighted by molar-refractivity contribution is 5.82. The number of hydrogen-bond acceptors (Lipinski definition) is 1. The van der Waals surface area contributed by atoms with Crippen molar-refractivity contribution >= 4 is 11.4 Å². The molecule has 0 saturated carbocycles. The molecule has 0 fully saturated rings. The summed E-state index contributed by atoms with van der Waals surface area (Å²) in [5, 5.41) is 0. The molecule has 0 atom stereocenters. The third-order valence-electron chi connectivity index (χ3n) is 1.53. The molecule has 1 rings (SSSR count). The minimum atomic E-state index is -4.30. The summed E-state index contributed by atoms with van der Waals surface area (Å²) in [7, 11) is 0. The first-order valence-corrected chi connectivity index (χ1v) is 4.09. The van der Waals surface area contributed by atoms with Crippen LogP contribution in [-0.2, 0) is 6.18 Å². The van der Waals surface area contributed by atoms with Gasteiger partial charge in [-0.05, 0) is 32.0 Å². The van der Waals surface area contributed by atoms with Gasteiger partial charge in [-0.1, -0.05) is 6.07 Å². The Morgan fingerprint density at radius 3 is 2.36 bits per heavy atom. The van der Waals surface area contributed by atoms with E-state index in [4.69, 9.17) is 0 Å². The molecule has 1 nitrogen and oxygen atoms in total. The number of halogens is 3. The number of hydrogen-bond donors (Lipinski definition) is 0. The molecule has 0 spiro atoms. The van der Waals surface area contributed by atoms with Crippen molar-refractivity contribution in [2.24, 2.45) is 4.99 Å². The van der Waals surface area contributed by atoms with Gasteiger partial charge in [0.25, 0.3) is 0 Å². The van der Waals surface area contributed by atoms with Gasteiger partial charge in [0.15, 0.2) is 0 Å². The first kappa shape index (κ1) is 10.8. The molecule has 0 saturated heterocycles. The third-order valence-corrected chi connectivity index (χ3v) is 1.53. The van der Waals surface area contributed by atoms with Crippen molar-refractivity contribution in [2.45, 2.75) is 20.0 Å². The zero-order valence-corrected chi connectivity index (χ0v) is 7.89. The normalized spacial score (nSPS) is 11.2. The van der Waals surface area contributed by atoms with Crippen molar-refractivity contribution in [3.05, 3.63) is 29.8 Å². The van der Waals surface area contributed by atoms with Crippen LogP contribution in [0.15, 0.2) is 29.3 Å². The van der Waals surface area contributed by atoms with Gasteiger partial charge in [0.1, 0.15) is 0 Å². The van der Waals surface area contributed by atoms with Crippen molar-refractivity contribution < 1.29 is 13.2 Å². The Hall–Kier alpha value is -1.32. The molecular formula is C10H10F3N. The molecule has 0 radical (unpaired) electrons. The molecule has 0 N–H and O–H groups in total. The second-order valence-electron chi connectivity index (χ2n) is 3.11. The first-order valence-electron chi connectivity index (χ1n) is 4.09. The molecule has 4 heteroatoms. The molecule has 76 valence electrons. The predicted octanol–water partition coefficient (Wildman–Crippen LogP) is 3.82. The molecule has 0 amide bonds. The van der Waals surface area contributed by atoms with E-state index in [-0.39, 0.29) is 0 Å². The molecule has 0 bridgehead atoms. The number of alkyl halides is 3. The monoisotopic (exact) mass is 201 g/mol. The number of benzene rings is 1. The average molecular weight is 201 g/mol. The lowest BCUT2D eigenvalue weighted by Gasteiger charge is -2.06. The molecule has 1 aromatic carbocycles. The second-order valence-corrected chi connectivity index (χ2v) is 3.11. The number of nitrogens with zero attached hydrogens (tertiary/aromatic N) is 1. The van der Waals surface area contributed by atoms with Crippen LogP contribution >= 0.6 is 0 Å². The Bertz CT molecular complexity index is 349. The minimum absolute atomic E-state index is 0.333. The number of aliphatic imine (C=N–C) groups is 1. The van der Waals surface area contributed by atoms with Crippen LogP contribution in [0.3, 0.4) is 0 Å². The topological polar surface area (TPSA) is 12.4 Å². The van der Waals surface area contributed by atoms with E-state index in [0.717, 1.165) is 17.8 Å². The molecular weight excluding hydrogens is 191 g/mol. The largest absolute Gasteiger partial charge is 0.416 e. The van der Waals surface area contributed by atoms with Gasteiger partial charge in [0, 0.05) is 5.71 Å². The zero-order valence-electron chi connectivity index (χ0n) is 7.89. The molecule has 0 aromatic heterocycles. The maximum atomic E-state index is 12.3. The molecule has 1 aromatic rings. The van der Waals surface area contributed by atoms with E-state index in [9.17, 15) is 13.2 Å². The van der Waals surface area contributed by atoms with Gasteiger partial charge >= 0.3 is 6.18 Å². The summed E-state index contributed by atoms with van der Waals surface area (Å²) >= 11 is 0. The van der Waals surface area contributed by atoms with E-state index >= 15 is 0 Å². The fourth-order valence-corrected chi connectivity index (χ4v) is 1.01. The zero-order chi connectivity index (χ0) is 10.8. The Kier molecular flexibility index (Phi) is 2.93. The maximum Gasteiger partial charge on any atom is 0.416 e. The molecule has 0 aliphatic carbocycles. The van der Waals surface area contributed by atoms with Gasteiger partial charge in [-0.2, -0.15) is 13.2 Å². The molecule has 0 aliphatic rings. The summed E-state index contributed by atoms with van der Waals surface area (Å²) in [4.78, 5) is 3.95. The summed E-state index contributed by atoms with van der Waals surface area (Å²) in [6.07, 6.45) is -4.30. The molecule has 0 unspecified atom stereocenters. The minimum Gasteiger partial charge on any atom is -0.258 e. The van der Waals surface area contributed by atoms with Gasteiger partial charge < -0.3 is 0 Å². The summed E-state index contributed by atoms with van der Waals surface area (Å²) < 4.78 is 36.8. The quantitative estimate of drug-likeness (QED) is 0.612. The van der Waals surface area contributed by atoms with E-state index in [1.165, 1.54) is 6.07 Å². The van der Waals surface area contributed by atoms with Crippen LogP contribution < -0.4 is 0 Å². The van der Waals surface area contributed by atoms with Gasteiger partial charge in [-0.25, -0.2) is 0 Å². The SMILES string of the molecule is CC(C)=Nc1cccc(C(F)(F)F)c1. The van der Waals surface area contributed by atoms with Crippen molar-refractivity contribution in [3.8, 4) is 0 Å². The third kappa shape index (κ3) is 2.87. The first-order chi connectivity index (χ1) is 6.39. The standard InChI is InChI=1S/C10H10F3N/c1-7(2)14-9-5-3-4-8(6-9)10(11,12)13/h3-6H,1-2H3. The van der Waals surface area contributed by atoms with Crippen molar-refractivity contribution in [3.63, 3.8) is 0 Å². The lowest BCUT2D eigenvalue weighted by Crippen LogP contribution is -2.03. The average Bonchev–Trinajstić information content (AvgIpc) is 2.01. The highest BCUT2D eigenvalue weighted by Crippen LogP contribution is 2.31.